The summed E-state index contributed by atoms with van der Waals surface area (Å²) in [6.07, 6.45) is -7.80. The second-order valence-electron chi connectivity index (χ2n) is 4.75. The van der Waals surface area contributed by atoms with Gasteiger partial charge in [0.25, 0.3) is 5.79 Å². The van der Waals surface area contributed by atoms with Crippen LogP contribution in [0.25, 0.3) is 0 Å². The van der Waals surface area contributed by atoms with Crippen LogP contribution in [0.2, 0.25) is 0 Å². The van der Waals surface area contributed by atoms with Crippen molar-refractivity contribution in [2.75, 3.05) is 7.11 Å². The zero-order valence-corrected chi connectivity index (χ0v) is 11.5. The van der Waals surface area contributed by atoms with Gasteiger partial charge in [0.2, 0.25) is 5.91 Å². The van der Waals surface area contributed by atoms with Gasteiger partial charge in [0.1, 0.15) is 12.2 Å². The highest BCUT2D eigenvalue weighted by atomic mass is 16.7. The minimum absolute atomic E-state index is 0.519. The number of carbonyl (C=O) groups excluding carboxylic acids is 1. The van der Waals surface area contributed by atoms with E-state index in [2.05, 4.69) is 5.32 Å². The van der Waals surface area contributed by atoms with Gasteiger partial charge in [-0.1, -0.05) is 0 Å². The van der Waals surface area contributed by atoms with Crippen molar-refractivity contribution in [3.8, 4) is 0 Å². The molecule has 21 heavy (non-hydrogen) atoms. The first-order valence-electron chi connectivity index (χ1n) is 6.10. The largest absolute Gasteiger partial charge is 0.477 e. The number of carboxylic acid groups (broad SMARTS) is 1. The number of aliphatic carboxylic acids is 1. The van der Waals surface area contributed by atoms with Crippen LogP contribution in [0.1, 0.15) is 13.3 Å². The molecule has 0 saturated carbocycles. The third-order valence-corrected chi connectivity index (χ3v) is 3.24. The lowest BCUT2D eigenvalue weighted by Gasteiger charge is -2.45. The second kappa shape index (κ2) is 6.64. The molecule has 1 aliphatic heterocycles. The van der Waals surface area contributed by atoms with Crippen molar-refractivity contribution in [3.05, 3.63) is 0 Å². The molecule has 10 heteroatoms. The Morgan fingerprint density at radius 1 is 1.38 bits per heavy atom. The summed E-state index contributed by atoms with van der Waals surface area (Å²) in [5.41, 5.74) is 0. The van der Waals surface area contributed by atoms with Crippen molar-refractivity contribution in [1.29, 1.82) is 0 Å². The summed E-state index contributed by atoms with van der Waals surface area (Å²) in [6, 6.07) is -1.23. The Hall–Kier alpha value is -1.30. The van der Waals surface area contributed by atoms with Crippen LogP contribution in [0.4, 0.5) is 0 Å². The van der Waals surface area contributed by atoms with Crippen LogP contribution in [0.5, 0.6) is 0 Å². The minimum Gasteiger partial charge on any atom is -0.477 e. The summed E-state index contributed by atoms with van der Waals surface area (Å²) in [5.74, 6) is -4.41. The molecular formula is C11H19NO9. The molecule has 10 nitrogen and oxygen atoms in total. The summed E-state index contributed by atoms with van der Waals surface area (Å²) in [4.78, 5) is 22.4. The molecule has 0 aromatic carbocycles. The zero-order valence-electron chi connectivity index (χ0n) is 11.5. The molecule has 1 fully saturated rings. The van der Waals surface area contributed by atoms with Gasteiger partial charge in [-0.05, 0) is 0 Å². The fourth-order valence-corrected chi connectivity index (χ4v) is 2.18. The van der Waals surface area contributed by atoms with Crippen molar-refractivity contribution in [3.63, 3.8) is 0 Å². The SMILES string of the molecule is COC1(C(=O)O)CC(O)C(NC(C)=O)C([C@@H](O)C(O)O)O1. The highest BCUT2D eigenvalue weighted by Gasteiger charge is 2.55. The molecule has 1 aliphatic rings. The molecule has 4 unspecified atom stereocenters. The Balaban J connectivity index is 3.13. The summed E-state index contributed by atoms with van der Waals surface area (Å²) in [5, 5.41) is 49.3. The molecule has 5 atom stereocenters. The summed E-state index contributed by atoms with van der Waals surface area (Å²) in [6.45, 7) is 1.14. The number of methoxy groups -OCH3 is 1. The third kappa shape index (κ3) is 3.67. The van der Waals surface area contributed by atoms with Gasteiger partial charge in [0, 0.05) is 20.5 Å². The molecule has 6 N–H and O–H groups in total. The lowest BCUT2D eigenvalue weighted by Crippen LogP contribution is -2.67. The Morgan fingerprint density at radius 3 is 2.33 bits per heavy atom. The van der Waals surface area contributed by atoms with E-state index in [1.54, 1.807) is 0 Å². The Labute approximate surface area is 119 Å². The predicted molar refractivity (Wildman–Crippen MR) is 64.7 cm³/mol. The average molecular weight is 309 g/mol. The lowest BCUT2D eigenvalue weighted by atomic mass is 9.90. The first kappa shape index (κ1) is 17.8. The maximum atomic E-state index is 11.3. The highest BCUT2D eigenvalue weighted by Crippen LogP contribution is 2.32. The number of nitrogens with one attached hydrogen (secondary N) is 1. The standard InChI is InChI=1S/C11H19NO9/c1-4(13)12-6-5(14)3-11(20-2,10(18)19)21-8(6)7(15)9(16)17/h5-9,14-17H,3H2,1-2H3,(H,12,13)(H,18,19)/t5?,6?,7-,8?,11?/m1/s1. The average Bonchev–Trinajstić information content (AvgIpc) is 2.39. The van der Waals surface area contributed by atoms with Crippen LogP contribution in [-0.4, -0.2) is 80.9 Å². The lowest BCUT2D eigenvalue weighted by molar-refractivity contribution is -0.311. The van der Waals surface area contributed by atoms with Gasteiger partial charge < -0.3 is 40.3 Å². The molecule has 122 valence electrons. The van der Waals surface area contributed by atoms with E-state index in [1.807, 2.05) is 0 Å². The number of carbonyl (C=O) groups is 2. The second-order valence-corrected chi connectivity index (χ2v) is 4.75. The number of aliphatic hydroxyl groups is 4. The number of rotatable bonds is 5. The topological polar surface area (TPSA) is 166 Å². The number of carboxylic acids is 1. The molecule has 1 amide bonds. The third-order valence-electron chi connectivity index (χ3n) is 3.24. The van der Waals surface area contributed by atoms with Gasteiger partial charge in [0.15, 0.2) is 6.29 Å². The number of hydrogen-bond donors (Lipinski definition) is 6. The quantitative estimate of drug-likeness (QED) is 0.286. The van der Waals surface area contributed by atoms with Crippen molar-refractivity contribution in [2.45, 2.75) is 49.8 Å². The van der Waals surface area contributed by atoms with Crippen molar-refractivity contribution < 1.29 is 44.6 Å². The Bertz CT molecular complexity index is 401. The van der Waals surface area contributed by atoms with E-state index in [-0.39, 0.29) is 0 Å². The van der Waals surface area contributed by atoms with E-state index >= 15 is 0 Å². The normalized spacial score (nSPS) is 34.5. The zero-order chi connectivity index (χ0) is 16.4. The van der Waals surface area contributed by atoms with Gasteiger partial charge in [-0.25, -0.2) is 4.79 Å². The van der Waals surface area contributed by atoms with Crippen molar-refractivity contribution in [1.82, 2.24) is 5.32 Å². The van der Waals surface area contributed by atoms with E-state index in [0.717, 1.165) is 14.0 Å². The molecular weight excluding hydrogens is 290 g/mol. The fraction of sp³-hybridized carbons (Fsp3) is 0.818. The molecule has 0 aliphatic carbocycles. The van der Waals surface area contributed by atoms with Gasteiger partial charge >= 0.3 is 5.97 Å². The van der Waals surface area contributed by atoms with Crippen LogP contribution >= 0.6 is 0 Å². The van der Waals surface area contributed by atoms with E-state index in [1.165, 1.54) is 0 Å². The van der Waals surface area contributed by atoms with Crippen LogP contribution in [0.3, 0.4) is 0 Å². The molecule has 1 heterocycles. The van der Waals surface area contributed by atoms with Gasteiger partial charge in [0.05, 0.1) is 12.1 Å². The summed E-state index contributed by atoms with van der Waals surface area (Å²) >= 11 is 0. The van der Waals surface area contributed by atoms with Crippen LogP contribution in [0.15, 0.2) is 0 Å². The highest BCUT2D eigenvalue weighted by molar-refractivity contribution is 5.76. The van der Waals surface area contributed by atoms with Crippen molar-refractivity contribution >= 4 is 11.9 Å². The van der Waals surface area contributed by atoms with Crippen LogP contribution in [-0.2, 0) is 19.1 Å². The molecule has 0 bridgehead atoms. The van der Waals surface area contributed by atoms with Crippen LogP contribution in [0, 0.1) is 0 Å². The number of hydrogen-bond acceptors (Lipinski definition) is 8. The fourth-order valence-electron chi connectivity index (χ4n) is 2.18. The molecule has 0 radical (unpaired) electrons. The van der Waals surface area contributed by atoms with Gasteiger partial charge in [-0.3, -0.25) is 4.79 Å². The smallest absolute Gasteiger partial charge is 0.364 e. The Morgan fingerprint density at radius 2 is 1.95 bits per heavy atom. The number of ether oxygens (including phenoxy) is 2. The maximum Gasteiger partial charge on any atom is 0.364 e. The van der Waals surface area contributed by atoms with E-state index in [9.17, 15) is 19.8 Å². The maximum absolute atomic E-state index is 11.3. The molecule has 0 aromatic rings. The molecule has 0 aromatic heterocycles. The number of amides is 1. The predicted octanol–water partition coefficient (Wildman–Crippen LogP) is -3.26. The first-order chi connectivity index (χ1) is 9.64. The van der Waals surface area contributed by atoms with Crippen LogP contribution < -0.4 is 5.32 Å². The number of aliphatic hydroxyl groups excluding tert-OH is 3. The Kier molecular flexibility index (Phi) is 5.61. The summed E-state index contributed by atoms with van der Waals surface area (Å²) < 4.78 is 9.88. The molecule has 0 spiro atoms. The van der Waals surface area contributed by atoms with E-state index in [4.69, 9.17) is 24.8 Å². The van der Waals surface area contributed by atoms with Gasteiger partial charge in [-0.15, -0.1) is 0 Å². The first-order valence-corrected chi connectivity index (χ1v) is 6.10. The minimum atomic E-state index is -2.27. The molecule has 1 saturated heterocycles. The van der Waals surface area contributed by atoms with Crippen molar-refractivity contribution in [2.24, 2.45) is 0 Å². The van der Waals surface area contributed by atoms with E-state index in [0.29, 0.717) is 0 Å². The monoisotopic (exact) mass is 309 g/mol. The summed E-state index contributed by atoms with van der Waals surface area (Å²) in [7, 11) is 1.03. The molecule has 1 rings (SSSR count). The van der Waals surface area contributed by atoms with Gasteiger partial charge in [-0.2, -0.15) is 0 Å². The van der Waals surface area contributed by atoms with E-state index < -0.39 is 54.7 Å².